The highest BCUT2D eigenvalue weighted by molar-refractivity contribution is 8.04. The van der Waals surface area contributed by atoms with Crippen LogP contribution in [0.15, 0.2) is 5.16 Å². The minimum absolute atomic E-state index is 0.537. The van der Waals surface area contributed by atoms with Crippen LogP contribution in [0.4, 0.5) is 0 Å². The van der Waals surface area contributed by atoms with E-state index in [0.717, 1.165) is 17.2 Å². The molecule has 0 radical (unpaired) electrons. The summed E-state index contributed by atoms with van der Waals surface area (Å²) in [6, 6.07) is 0. The fourth-order valence-corrected chi connectivity index (χ4v) is 2.98. The molecule has 0 unspecified atom stereocenters. The molecule has 1 saturated heterocycles. The molecule has 1 rings (SSSR count). The molecule has 1 heterocycles. The van der Waals surface area contributed by atoms with Crippen molar-refractivity contribution in [3.05, 3.63) is 0 Å². The first-order valence-corrected chi connectivity index (χ1v) is 6.51. The molecule has 0 aromatic heterocycles. The average molecular weight is 215 g/mol. The van der Waals surface area contributed by atoms with Gasteiger partial charge in [-0.25, -0.2) is 0 Å². The zero-order valence-corrected chi connectivity index (χ0v) is 9.12. The molecule has 1 fully saturated rings. The molecule has 0 bridgehead atoms. The van der Waals surface area contributed by atoms with E-state index in [9.17, 15) is 0 Å². The van der Waals surface area contributed by atoms with Crippen LogP contribution in [0.2, 0.25) is 0 Å². The lowest BCUT2D eigenvalue weighted by Crippen LogP contribution is -2.05. The average Bonchev–Trinajstić information content (AvgIpc) is 2.41. The van der Waals surface area contributed by atoms with E-state index in [2.05, 4.69) is 11.1 Å². The first kappa shape index (κ1) is 10.8. The summed E-state index contributed by atoms with van der Waals surface area (Å²) in [4.78, 5) is 5.09. The van der Waals surface area contributed by atoms with Crippen molar-refractivity contribution < 1.29 is 4.84 Å². The largest absolute Gasteiger partial charge is 0.395 e. The van der Waals surface area contributed by atoms with Crippen LogP contribution < -0.4 is 0 Å². The van der Waals surface area contributed by atoms with Gasteiger partial charge in [0.1, 0.15) is 6.61 Å². The summed E-state index contributed by atoms with van der Waals surface area (Å²) in [6.07, 6.45) is 5.72. The Labute approximate surface area is 87.9 Å². The third-order valence-electron chi connectivity index (χ3n) is 1.44. The van der Waals surface area contributed by atoms with Crippen molar-refractivity contribution in [2.24, 2.45) is 5.16 Å². The van der Waals surface area contributed by atoms with E-state index in [1.165, 1.54) is 11.5 Å². The van der Waals surface area contributed by atoms with Crippen LogP contribution >= 0.6 is 23.5 Å². The summed E-state index contributed by atoms with van der Waals surface area (Å²) in [7, 11) is 0. The first-order valence-electron chi connectivity index (χ1n) is 4.20. The lowest BCUT2D eigenvalue weighted by Gasteiger charge is -2.00. The molecule has 13 heavy (non-hydrogen) atoms. The van der Waals surface area contributed by atoms with Crippen LogP contribution in [0, 0.1) is 12.3 Å². The van der Waals surface area contributed by atoms with Gasteiger partial charge in [0.15, 0.2) is 0 Å². The lowest BCUT2D eigenvalue weighted by molar-refractivity contribution is 0.150. The third kappa shape index (κ3) is 5.12. The standard InChI is InChI=1S/C9H13NOS2/c1-2-3-4-11-10-9-7-12-5-6-13-8-9/h1H,3-8H2. The van der Waals surface area contributed by atoms with Crippen LogP contribution in [0.1, 0.15) is 6.42 Å². The van der Waals surface area contributed by atoms with Gasteiger partial charge in [-0.15, -0.1) is 12.3 Å². The maximum absolute atomic E-state index is 5.09. The molecule has 0 aliphatic carbocycles. The van der Waals surface area contributed by atoms with Crippen LogP contribution in [0.5, 0.6) is 0 Å². The van der Waals surface area contributed by atoms with Crippen molar-refractivity contribution in [3.8, 4) is 12.3 Å². The van der Waals surface area contributed by atoms with Crippen LogP contribution in [-0.2, 0) is 4.84 Å². The quantitative estimate of drug-likeness (QED) is 0.407. The number of hydrogen-bond acceptors (Lipinski definition) is 4. The summed E-state index contributed by atoms with van der Waals surface area (Å²) in [5, 5.41) is 4.06. The van der Waals surface area contributed by atoms with Crippen LogP contribution in [0.25, 0.3) is 0 Å². The van der Waals surface area contributed by atoms with Crippen LogP contribution in [-0.4, -0.2) is 35.3 Å². The number of thioether (sulfide) groups is 2. The fourth-order valence-electron chi connectivity index (χ4n) is 0.834. The summed E-state index contributed by atoms with van der Waals surface area (Å²) in [6.45, 7) is 0.537. The van der Waals surface area contributed by atoms with E-state index < -0.39 is 0 Å². The number of hydrogen-bond donors (Lipinski definition) is 0. The van der Waals surface area contributed by atoms with Gasteiger partial charge in [0.05, 0.1) is 5.71 Å². The molecule has 1 aliphatic heterocycles. The summed E-state index contributed by atoms with van der Waals surface area (Å²) in [5.41, 5.74) is 1.14. The van der Waals surface area contributed by atoms with Gasteiger partial charge in [-0.2, -0.15) is 23.5 Å². The normalized spacial score (nSPS) is 17.3. The van der Waals surface area contributed by atoms with Gasteiger partial charge in [0.2, 0.25) is 0 Å². The Morgan fingerprint density at radius 2 is 2.08 bits per heavy atom. The molecule has 0 amide bonds. The Kier molecular flexibility index (Phi) is 5.96. The highest BCUT2D eigenvalue weighted by Crippen LogP contribution is 2.14. The highest BCUT2D eigenvalue weighted by Gasteiger charge is 2.06. The van der Waals surface area contributed by atoms with Gasteiger partial charge in [-0.05, 0) is 0 Å². The molecule has 1 aliphatic rings. The smallest absolute Gasteiger partial charge is 0.128 e. The maximum Gasteiger partial charge on any atom is 0.128 e. The van der Waals surface area contributed by atoms with Crippen molar-refractivity contribution in [1.29, 1.82) is 0 Å². The zero-order valence-electron chi connectivity index (χ0n) is 7.49. The molecule has 0 N–H and O–H groups in total. The summed E-state index contributed by atoms with van der Waals surface area (Å²) < 4.78 is 0. The van der Waals surface area contributed by atoms with Gasteiger partial charge in [0, 0.05) is 29.4 Å². The number of rotatable bonds is 3. The van der Waals surface area contributed by atoms with Crippen molar-refractivity contribution in [3.63, 3.8) is 0 Å². The second kappa shape index (κ2) is 7.16. The second-order valence-electron chi connectivity index (χ2n) is 2.55. The molecule has 0 aromatic carbocycles. The van der Waals surface area contributed by atoms with Crippen molar-refractivity contribution in [1.82, 2.24) is 0 Å². The molecular formula is C9H13NOS2. The molecule has 72 valence electrons. The fraction of sp³-hybridized carbons (Fsp3) is 0.667. The monoisotopic (exact) mass is 215 g/mol. The topological polar surface area (TPSA) is 21.6 Å². The minimum Gasteiger partial charge on any atom is -0.395 e. The second-order valence-corrected chi connectivity index (χ2v) is 4.76. The van der Waals surface area contributed by atoms with Crippen molar-refractivity contribution >= 4 is 29.2 Å². The molecule has 0 spiro atoms. The Morgan fingerprint density at radius 1 is 1.38 bits per heavy atom. The highest BCUT2D eigenvalue weighted by atomic mass is 32.2. The Bertz CT molecular complexity index is 200. The summed E-state index contributed by atoms with van der Waals surface area (Å²) >= 11 is 3.83. The predicted octanol–water partition coefficient (Wildman–Crippen LogP) is 1.86. The predicted molar refractivity (Wildman–Crippen MR) is 61.5 cm³/mol. The Morgan fingerprint density at radius 3 is 2.69 bits per heavy atom. The lowest BCUT2D eigenvalue weighted by atomic mass is 10.5. The SMILES string of the molecule is C#CCCON=C1CSCCSC1. The molecule has 2 nitrogen and oxygen atoms in total. The van der Waals surface area contributed by atoms with Gasteiger partial charge in [-0.1, -0.05) is 5.16 Å². The van der Waals surface area contributed by atoms with E-state index >= 15 is 0 Å². The van der Waals surface area contributed by atoms with E-state index in [1.54, 1.807) is 0 Å². The molecule has 0 aromatic rings. The number of nitrogens with zero attached hydrogens (tertiary/aromatic N) is 1. The molecule has 4 heteroatoms. The number of oxime groups is 1. The minimum atomic E-state index is 0.537. The van der Waals surface area contributed by atoms with E-state index in [4.69, 9.17) is 11.3 Å². The first-order chi connectivity index (χ1) is 6.43. The Balaban J connectivity index is 2.19. The van der Waals surface area contributed by atoms with Gasteiger partial charge >= 0.3 is 0 Å². The zero-order chi connectivity index (χ0) is 9.36. The van der Waals surface area contributed by atoms with E-state index in [0.29, 0.717) is 13.0 Å². The molecule has 0 saturated carbocycles. The van der Waals surface area contributed by atoms with Crippen molar-refractivity contribution in [2.75, 3.05) is 29.6 Å². The van der Waals surface area contributed by atoms with Crippen molar-refractivity contribution in [2.45, 2.75) is 6.42 Å². The Hall–Kier alpha value is -0.270. The molecule has 0 atom stereocenters. The maximum atomic E-state index is 5.09. The van der Waals surface area contributed by atoms with Gasteiger partial charge < -0.3 is 4.84 Å². The number of terminal acetylenes is 1. The van der Waals surface area contributed by atoms with Gasteiger partial charge in [0.25, 0.3) is 0 Å². The van der Waals surface area contributed by atoms with E-state index in [1.807, 2.05) is 23.5 Å². The van der Waals surface area contributed by atoms with Crippen LogP contribution in [0.3, 0.4) is 0 Å². The van der Waals surface area contributed by atoms with E-state index in [-0.39, 0.29) is 0 Å². The third-order valence-corrected chi connectivity index (χ3v) is 3.76. The van der Waals surface area contributed by atoms with Gasteiger partial charge in [-0.3, -0.25) is 0 Å². The summed E-state index contributed by atoms with van der Waals surface area (Å²) in [5.74, 6) is 6.95. The molecular weight excluding hydrogens is 202 g/mol.